The summed E-state index contributed by atoms with van der Waals surface area (Å²) in [6.07, 6.45) is 0. The molecule has 0 bridgehead atoms. The molecule has 0 aliphatic rings. The molecule has 0 saturated carbocycles. The molecule has 0 aliphatic heterocycles. The molecule has 0 fully saturated rings. The van der Waals surface area contributed by atoms with Crippen molar-refractivity contribution in [3.8, 4) is 5.75 Å². The molecule has 0 heterocycles. The summed E-state index contributed by atoms with van der Waals surface area (Å²) in [5.41, 5.74) is 3.06. The summed E-state index contributed by atoms with van der Waals surface area (Å²) < 4.78 is 5.24. The number of carbonyl (C=O) groups excluding carboxylic acids is 2. The number of anilines is 3. The molecule has 126 valence electrons. The van der Waals surface area contributed by atoms with Gasteiger partial charge in [0, 0.05) is 18.3 Å². The molecule has 3 N–H and O–H groups in total. The predicted octanol–water partition coefficient (Wildman–Crippen LogP) is 3.01. The van der Waals surface area contributed by atoms with Gasteiger partial charge >= 0.3 is 0 Å². The molecule has 0 aromatic heterocycles. The van der Waals surface area contributed by atoms with Gasteiger partial charge in [0.1, 0.15) is 5.75 Å². The molecule has 0 saturated heterocycles. The number of aryl methyl sites for hydroxylation is 1. The van der Waals surface area contributed by atoms with Gasteiger partial charge < -0.3 is 20.7 Å². The average Bonchev–Trinajstić information content (AvgIpc) is 2.54. The summed E-state index contributed by atoms with van der Waals surface area (Å²) in [5.74, 6) is 0.128. The Hall–Kier alpha value is -3.02. The number of rotatable bonds is 6. The van der Waals surface area contributed by atoms with E-state index < -0.39 is 0 Å². The zero-order chi connectivity index (χ0) is 17.5. The van der Waals surface area contributed by atoms with E-state index >= 15 is 0 Å². The number of nitrogens with one attached hydrogen (secondary N) is 3. The van der Waals surface area contributed by atoms with Gasteiger partial charge in [0.2, 0.25) is 11.8 Å². The number of hydrogen-bond donors (Lipinski definition) is 3. The van der Waals surface area contributed by atoms with Crippen molar-refractivity contribution in [2.45, 2.75) is 13.8 Å². The fraction of sp³-hybridized carbons (Fsp3) is 0.222. The van der Waals surface area contributed by atoms with Crippen LogP contribution in [0.5, 0.6) is 5.75 Å². The monoisotopic (exact) mass is 327 g/mol. The molecule has 24 heavy (non-hydrogen) atoms. The molecule has 0 radical (unpaired) electrons. The summed E-state index contributed by atoms with van der Waals surface area (Å²) in [5, 5.41) is 8.56. The first-order chi connectivity index (χ1) is 11.5. The molecule has 6 heteroatoms. The second kappa shape index (κ2) is 8.01. The van der Waals surface area contributed by atoms with Crippen LogP contribution in [-0.4, -0.2) is 25.5 Å². The van der Waals surface area contributed by atoms with Crippen molar-refractivity contribution in [2.24, 2.45) is 0 Å². The number of carbonyl (C=O) groups is 2. The van der Waals surface area contributed by atoms with Crippen LogP contribution in [0.1, 0.15) is 12.5 Å². The van der Waals surface area contributed by atoms with E-state index in [1.807, 2.05) is 31.2 Å². The summed E-state index contributed by atoms with van der Waals surface area (Å²) in [7, 11) is 1.52. The second-order valence-electron chi connectivity index (χ2n) is 5.31. The minimum Gasteiger partial charge on any atom is -0.495 e. The van der Waals surface area contributed by atoms with Crippen molar-refractivity contribution >= 4 is 28.9 Å². The lowest BCUT2D eigenvalue weighted by Gasteiger charge is -2.13. The van der Waals surface area contributed by atoms with Gasteiger partial charge in [0.25, 0.3) is 0 Å². The zero-order valence-electron chi connectivity index (χ0n) is 14.0. The zero-order valence-corrected chi connectivity index (χ0v) is 14.0. The van der Waals surface area contributed by atoms with Gasteiger partial charge in [-0.25, -0.2) is 0 Å². The number of para-hydroxylation sites is 1. The molecular weight excluding hydrogens is 306 g/mol. The molecule has 0 aliphatic carbocycles. The van der Waals surface area contributed by atoms with Crippen LogP contribution < -0.4 is 20.7 Å². The van der Waals surface area contributed by atoms with Crippen molar-refractivity contribution in [3.05, 3.63) is 48.0 Å². The molecule has 2 amide bonds. The number of benzene rings is 2. The third-order valence-electron chi connectivity index (χ3n) is 3.38. The lowest BCUT2D eigenvalue weighted by Crippen LogP contribution is -2.22. The summed E-state index contributed by atoms with van der Waals surface area (Å²) in [6, 6.07) is 12.8. The highest BCUT2D eigenvalue weighted by Crippen LogP contribution is 2.27. The Morgan fingerprint density at radius 2 is 1.79 bits per heavy atom. The third kappa shape index (κ3) is 4.74. The van der Waals surface area contributed by atoms with Crippen molar-refractivity contribution in [2.75, 3.05) is 29.6 Å². The van der Waals surface area contributed by atoms with Crippen LogP contribution in [0.15, 0.2) is 42.5 Å². The van der Waals surface area contributed by atoms with Crippen LogP contribution in [0.4, 0.5) is 17.1 Å². The minimum absolute atomic E-state index is 0.123. The van der Waals surface area contributed by atoms with Gasteiger partial charge in [-0.3, -0.25) is 9.59 Å². The van der Waals surface area contributed by atoms with Crippen molar-refractivity contribution < 1.29 is 14.3 Å². The van der Waals surface area contributed by atoms with Gasteiger partial charge in [-0.1, -0.05) is 18.2 Å². The maximum Gasteiger partial charge on any atom is 0.243 e. The first-order valence-corrected chi connectivity index (χ1v) is 7.54. The molecule has 2 rings (SSSR count). The maximum atomic E-state index is 12.2. The Morgan fingerprint density at radius 3 is 2.46 bits per heavy atom. The Balaban J connectivity index is 2.04. The van der Waals surface area contributed by atoms with Crippen LogP contribution in [0.25, 0.3) is 0 Å². The van der Waals surface area contributed by atoms with E-state index in [4.69, 9.17) is 4.74 Å². The Bertz CT molecular complexity index is 744. The fourth-order valence-electron chi connectivity index (χ4n) is 2.23. The van der Waals surface area contributed by atoms with Gasteiger partial charge in [-0.05, 0) is 36.8 Å². The van der Waals surface area contributed by atoms with E-state index in [-0.39, 0.29) is 18.4 Å². The van der Waals surface area contributed by atoms with Gasteiger partial charge in [0.15, 0.2) is 0 Å². The van der Waals surface area contributed by atoms with Crippen molar-refractivity contribution in [1.82, 2.24) is 0 Å². The highest BCUT2D eigenvalue weighted by Gasteiger charge is 2.09. The van der Waals surface area contributed by atoms with E-state index in [1.54, 1.807) is 18.2 Å². The molecule has 2 aromatic rings. The number of methoxy groups -OCH3 is 1. The van der Waals surface area contributed by atoms with Gasteiger partial charge in [0.05, 0.1) is 19.3 Å². The highest BCUT2D eigenvalue weighted by atomic mass is 16.5. The lowest BCUT2D eigenvalue weighted by molar-refractivity contribution is -0.115. The fourth-order valence-corrected chi connectivity index (χ4v) is 2.23. The van der Waals surface area contributed by atoms with Gasteiger partial charge in [-0.2, -0.15) is 0 Å². The van der Waals surface area contributed by atoms with E-state index in [1.165, 1.54) is 14.0 Å². The summed E-state index contributed by atoms with van der Waals surface area (Å²) in [4.78, 5) is 23.3. The first-order valence-electron chi connectivity index (χ1n) is 7.54. The van der Waals surface area contributed by atoms with E-state index in [0.717, 1.165) is 11.3 Å². The molecule has 2 aromatic carbocycles. The Kier molecular flexibility index (Phi) is 5.78. The molecular formula is C18H21N3O3. The predicted molar refractivity (Wildman–Crippen MR) is 95.6 cm³/mol. The molecule has 0 spiro atoms. The van der Waals surface area contributed by atoms with Crippen molar-refractivity contribution in [3.63, 3.8) is 0 Å². The topological polar surface area (TPSA) is 79.5 Å². The van der Waals surface area contributed by atoms with E-state index in [0.29, 0.717) is 17.1 Å². The largest absolute Gasteiger partial charge is 0.495 e. The van der Waals surface area contributed by atoms with Crippen LogP contribution in [0, 0.1) is 6.92 Å². The normalized spacial score (nSPS) is 9.96. The molecule has 6 nitrogen and oxygen atoms in total. The standard InChI is InChI=1S/C18H21N3O3/c1-12-6-4-5-7-15(12)19-11-18(23)21-16-10-14(20-13(2)22)8-9-17(16)24-3/h4-10,19H,11H2,1-3H3,(H,20,22)(H,21,23). The van der Waals surface area contributed by atoms with E-state index in [2.05, 4.69) is 16.0 Å². The van der Waals surface area contributed by atoms with Crippen LogP contribution in [-0.2, 0) is 9.59 Å². The maximum absolute atomic E-state index is 12.2. The van der Waals surface area contributed by atoms with Crippen molar-refractivity contribution in [1.29, 1.82) is 0 Å². The lowest BCUT2D eigenvalue weighted by atomic mass is 10.2. The molecule has 0 unspecified atom stereocenters. The summed E-state index contributed by atoms with van der Waals surface area (Å²) in [6.45, 7) is 3.52. The smallest absolute Gasteiger partial charge is 0.243 e. The van der Waals surface area contributed by atoms with E-state index in [9.17, 15) is 9.59 Å². The Morgan fingerprint density at radius 1 is 1.04 bits per heavy atom. The van der Waals surface area contributed by atoms with Crippen LogP contribution >= 0.6 is 0 Å². The Labute approximate surface area is 141 Å². The quantitative estimate of drug-likeness (QED) is 0.762. The minimum atomic E-state index is -0.212. The van der Waals surface area contributed by atoms with Crippen LogP contribution in [0.3, 0.4) is 0 Å². The second-order valence-corrected chi connectivity index (χ2v) is 5.31. The number of hydrogen-bond acceptors (Lipinski definition) is 4. The third-order valence-corrected chi connectivity index (χ3v) is 3.38. The highest BCUT2D eigenvalue weighted by molar-refractivity contribution is 5.96. The van der Waals surface area contributed by atoms with Gasteiger partial charge in [-0.15, -0.1) is 0 Å². The first kappa shape index (κ1) is 17.3. The SMILES string of the molecule is COc1ccc(NC(C)=O)cc1NC(=O)CNc1ccccc1C. The molecule has 0 atom stereocenters. The van der Waals surface area contributed by atoms with Crippen LogP contribution in [0.2, 0.25) is 0 Å². The summed E-state index contributed by atoms with van der Waals surface area (Å²) >= 11 is 0. The number of amides is 2. The average molecular weight is 327 g/mol. The number of ether oxygens (including phenoxy) is 1.